The van der Waals surface area contributed by atoms with Crippen LogP contribution in [-0.2, 0) is 37.3 Å². The van der Waals surface area contributed by atoms with Gasteiger partial charge in [-0.1, -0.05) is 142 Å². The van der Waals surface area contributed by atoms with Crippen molar-refractivity contribution in [3.05, 3.63) is 29.3 Å². The Balaban J connectivity index is 2.33. The van der Waals surface area contributed by atoms with Crippen molar-refractivity contribution in [1.82, 2.24) is 0 Å². The lowest BCUT2D eigenvalue weighted by atomic mass is 9.99. The van der Waals surface area contributed by atoms with Gasteiger partial charge in [0.25, 0.3) is 0 Å². The molecule has 0 saturated heterocycles. The molecule has 0 radical (unpaired) electrons. The van der Waals surface area contributed by atoms with E-state index in [1.807, 2.05) is 6.07 Å². The van der Waals surface area contributed by atoms with Crippen molar-refractivity contribution in [3.8, 4) is 5.75 Å². The van der Waals surface area contributed by atoms with Gasteiger partial charge in [0.15, 0.2) is 5.75 Å². The molecule has 0 spiro atoms. The van der Waals surface area contributed by atoms with E-state index < -0.39 is 6.12 Å². The summed E-state index contributed by atoms with van der Waals surface area (Å²) in [5, 5.41) is 0. The molecule has 1 aromatic rings. The number of aryl methyl sites for hydroxylation is 2. The Labute approximate surface area is 229 Å². The zero-order chi connectivity index (χ0) is 25.6. The first-order valence-corrected chi connectivity index (χ1v) is 18.4. The summed E-state index contributed by atoms with van der Waals surface area (Å²) in [6, 6.07) is 6.30. The van der Waals surface area contributed by atoms with Gasteiger partial charge in [0.1, 0.15) is 0 Å². The lowest BCUT2D eigenvalue weighted by Crippen LogP contribution is -2.10. The molecule has 0 bridgehead atoms. The Morgan fingerprint density at radius 3 is 1.43 bits per heavy atom. The standard InChI is InChI=1S/C30H55O2PS2/c1-3-5-7-9-11-13-15-17-19-21-23-28-25-26-30(32-33(31,34)35)29(27-28)24-22-20-18-16-14-12-10-8-6-4-2/h25-27H,3-24H2,1-2H3,(H2,31,34,35)/p-2. The minimum atomic E-state index is -3.38. The molecule has 0 amide bonds. The molecule has 0 aliphatic heterocycles. The molecule has 0 saturated carbocycles. The lowest BCUT2D eigenvalue weighted by molar-refractivity contribution is -0.169. The molecule has 0 atom stereocenters. The van der Waals surface area contributed by atoms with Crippen molar-refractivity contribution in [1.29, 1.82) is 0 Å². The highest BCUT2D eigenvalue weighted by molar-refractivity contribution is 8.69. The summed E-state index contributed by atoms with van der Waals surface area (Å²) in [5.74, 6) is 0.640. The minimum absolute atomic E-state index is 0.640. The molecule has 204 valence electrons. The Bertz CT molecular complexity index is 619. The number of hydrogen-bond donors (Lipinski definition) is 0. The van der Waals surface area contributed by atoms with Gasteiger partial charge >= 0.3 is 0 Å². The van der Waals surface area contributed by atoms with E-state index in [1.54, 1.807) is 0 Å². The van der Waals surface area contributed by atoms with Crippen LogP contribution in [0, 0.1) is 0 Å². The molecule has 35 heavy (non-hydrogen) atoms. The van der Waals surface area contributed by atoms with Gasteiger partial charge in [0, 0.05) is 0 Å². The second kappa shape index (κ2) is 22.1. The number of unbranched alkanes of at least 4 members (excludes halogenated alkanes) is 18. The first-order chi connectivity index (χ1) is 17.0. The Morgan fingerprint density at radius 2 is 1.00 bits per heavy atom. The molecule has 0 fully saturated rings. The van der Waals surface area contributed by atoms with Crippen molar-refractivity contribution in [3.63, 3.8) is 0 Å². The van der Waals surface area contributed by atoms with Gasteiger partial charge in [0.2, 0.25) is 0 Å². The largest absolute Gasteiger partial charge is 0.682 e. The third-order valence-corrected chi connectivity index (χ3v) is 7.82. The maximum atomic E-state index is 11.9. The maximum Gasteiger partial charge on any atom is 0.170 e. The van der Waals surface area contributed by atoms with Gasteiger partial charge in [0.05, 0.1) is 0 Å². The van der Waals surface area contributed by atoms with Crippen LogP contribution in [-0.4, -0.2) is 0 Å². The summed E-state index contributed by atoms with van der Waals surface area (Å²) in [5.41, 5.74) is 2.48. The van der Waals surface area contributed by atoms with Crippen LogP contribution in [0.4, 0.5) is 0 Å². The zero-order valence-corrected chi connectivity index (χ0v) is 25.4. The SMILES string of the molecule is CCCCCCCCCCCCc1ccc(O[P+]([O-])([S-])[S-])c(CCCCCCCCCCCC)c1. The third-order valence-electron chi connectivity index (χ3n) is 6.95. The fourth-order valence-corrected chi connectivity index (χ4v) is 5.71. The number of rotatable bonds is 24. The van der Waals surface area contributed by atoms with Crippen molar-refractivity contribution in [2.45, 2.75) is 155 Å². The Morgan fingerprint density at radius 1 is 0.600 bits per heavy atom. The summed E-state index contributed by atoms with van der Waals surface area (Å²) < 4.78 is 5.52. The van der Waals surface area contributed by atoms with Crippen LogP contribution in [0.3, 0.4) is 0 Å². The first-order valence-electron chi connectivity index (χ1n) is 14.8. The molecule has 5 heteroatoms. The van der Waals surface area contributed by atoms with E-state index in [4.69, 9.17) is 29.0 Å². The van der Waals surface area contributed by atoms with Crippen molar-refractivity contribution >= 4 is 30.6 Å². The molecular weight excluding hydrogens is 487 g/mol. The molecule has 2 nitrogen and oxygen atoms in total. The topological polar surface area (TPSA) is 32.3 Å². The predicted molar refractivity (Wildman–Crippen MR) is 160 cm³/mol. The average molecular weight is 541 g/mol. The van der Waals surface area contributed by atoms with Gasteiger partial charge in [-0.3, -0.25) is 0 Å². The number of hydrogen-bond acceptors (Lipinski definition) is 4. The van der Waals surface area contributed by atoms with E-state index in [0.29, 0.717) is 5.75 Å². The molecular formula is C30H53O2PS2-2. The van der Waals surface area contributed by atoms with Gasteiger partial charge < -0.3 is 33.9 Å². The summed E-state index contributed by atoms with van der Waals surface area (Å²) >= 11 is 9.76. The van der Waals surface area contributed by atoms with Crippen molar-refractivity contribution in [2.75, 3.05) is 0 Å². The zero-order valence-electron chi connectivity index (χ0n) is 22.9. The quantitative estimate of drug-likeness (QED) is 0.0741. The Hall–Kier alpha value is 0.110. The van der Waals surface area contributed by atoms with Crippen molar-refractivity contribution in [2.24, 2.45) is 0 Å². The van der Waals surface area contributed by atoms with Crippen LogP contribution in [0.5, 0.6) is 5.75 Å². The van der Waals surface area contributed by atoms with E-state index in [1.165, 1.54) is 128 Å². The van der Waals surface area contributed by atoms with Gasteiger partial charge in [-0.15, -0.1) is 6.12 Å². The van der Waals surface area contributed by atoms with Crippen LogP contribution in [0.2, 0.25) is 0 Å². The van der Waals surface area contributed by atoms with Crippen LogP contribution in [0.25, 0.3) is 0 Å². The molecule has 1 aromatic carbocycles. The van der Waals surface area contributed by atoms with Crippen LogP contribution in [0.1, 0.15) is 153 Å². The lowest BCUT2D eigenvalue weighted by Gasteiger charge is -2.42. The molecule has 0 N–H and O–H groups in total. The second-order valence-electron chi connectivity index (χ2n) is 10.3. The minimum Gasteiger partial charge on any atom is -0.682 e. The van der Waals surface area contributed by atoms with E-state index in [-0.39, 0.29) is 0 Å². The van der Waals surface area contributed by atoms with E-state index in [9.17, 15) is 4.89 Å². The van der Waals surface area contributed by atoms with Crippen LogP contribution >= 0.6 is 6.12 Å². The van der Waals surface area contributed by atoms with E-state index >= 15 is 0 Å². The highest BCUT2D eigenvalue weighted by atomic mass is 33.1. The summed E-state index contributed by atoms with van der Waals surface area (Å²) in [4.78, 5) is 11.9. The summed E-state index contributed by atoms with van der Waals surface area (Å²) in [6.45, 7) is 4.55. The van der Waals surface area contributed by atoms with Crippen LogP contribution in [0.15, 0.2) is 18.2 Å². The third kappa shape index (κ3) is 19.8. The predicted octanol–water partition coefficient (Wildman–Crippen LogP) is 10.1. The monoisotopic (exact) mass is 540 g/mol. The molecule has 0 heterocycles. The first kappa shape index (κ1) is 33.1. The van der Waals surface area contributed by atoms with E-state index in [2.05, 4.69) is 26.0 Å². The highest BCUT2D eigenvalue weighted by Gasteiger charge is 2.09. The van der Waals surface area contributed by atoms with Crippen LogP contribution < -0.4 is 9.42 Å². The normalized spacial score (nSPS) is 11.8. The summed E-state index contributed by atoms with van der Waals surface area (Å²) in [7, 11) is 0. The van der Waals surface area contributed by atoms with Gasteiger partial charge in [-0.05, 0) is 42.9 Å². The maximum absolute atomic E-state index is 11.9. The highest BCUT2D eigenvalue weighted by Crippen LogP contribution is 2.47. The van der Waals surface area contributed by atoms with Gasteiger partial charge in [-0.2, -0.15) is 0 Å². The van der Waals surface area contributed by atoms with Crippen molar-refractivity contribution < 1.29 is 9.42 Å². The fraction of sp³-hybridized carbons (Fsp3) is 0.800. The average Bonchev–Trinajstić information content (AvgIpc) is 2.82. The second-order valence-corrected chi connectivity index (χ2v) is 15.0. The van der Waals surface area contributed by atoms with E-state index in [0.717, 1.165) is 24.8 Å². The Kier molecular flexibility index (Phi) is 20.9. The molecule has 1 rings (SSSR count). The molecule has 0 aliphatic rings. The molecule has 0 unspecified atom stereocenters. The molecule has 0 aromatic heterocycles. The molecule has 0 aliphatic carbocycles. The summed E-state index contributed by atoms with van der Waals surface area (Å²) in [6.07, 6.45) is 25.5. The van der Waals surface area contributed by atoms with Gasteiger partial charge in [-0.25, -0.2) is 0 Å². The number of benzene rings is 1. The fourth-order valence-electron chi connectivity index (χ4n) is 4.81. The smallest absolute Gasteiger partial charge is 0.170 e.